The first-order valence-corrected chi connectivity index (χ1v) is 4.29. The average molecular weight is 193 g/mol. The standard InChI is InChI=1S/C11H12FNO/c1-7-4-8(12)5-9(10(7)14)11(2,3)6-13/h4-5,14H,1-3H3. The molecule has 14 heavy (non-hydrogen) atoms. The zero-order valence-electron chi connectivity index (χ0n) is 8.43. The average Bonchev–Trinajstić information content (AvgIpc) is 2.11. The Bertz CT molecular complexity index is 404. The molecule has 0 aromatic heterocycles. The van der Waals surface area contributed by atoms with Crippen molar-refractivity contribution in [3.63, 3.8) is 0 Å². The van der Waals surface area contributed by atoms with Crippen LogP contribution in [0.15, 0.2) is 12.1 Å². The van der Waals surface area contributed by atoms with Crippen LogP contribution in [0.2, 0.25) is 0 Å². The monoisotopic (exact) mass is 193 g/mol. The van der Waals surface area contributed by atoms with Gasteiger partial charge in [0, 0.05) is 5.56 Å². The molecule has 0 saturated heterocycles. The molecule has 0 atom stereocenters. The number of benzene rings is 1. The molecular weight excluding hydrogens is 181 g/mol. The van der Waals surface area contributed by atoms with E-state index in [9.17, 15) is 9.50 Å². The predicted octanol–water partition coefficient (Wildman–Crippen LogP) is 2.64. The molecule has 0 radical (unpaired) electrons. The summed E-state index contributed by atoms with van der Waals surface area (Å²) in [5.41, 5.74) is -0.0995. The molecule has 0 fully saturated rings. The number of aryl methyl sites for hydroxylation is 1. The summed E-state index contributed by atoms with van der Waals surface area (Å²) in [6.45, 7) is 4.89. The number of halogens is 1. The third-order valence-electron chi connectivity index (χ3n) is 2.22. The fourth-order valence-electron chi connectivity index (χ4n) is 1.27. The summed E-state index contributed by atoms with van der Waals surface area (Å²) in [5.74, 6) is -0.434. The molecule has 0 aliphatic rings. The lowest BCUT2D eigenvalue weighted by atomic mass is 9.84. The Balaban J connectivity index is 3.44. The lowest BCUT2D eigenvalue weighted by molar-refractivity contribution is 0.449. The second-order valence-electron chi connectivity index (χ2n) is 3.86. The van der Waals surface area contributed by atoms with Crippen molar-refractivity contribution in [2.45, 2.75) is 26.2 Å². The Morgan fingerprint density at radius 3 is 2.50 bits per heavy atom. The molecule has 0 aliphatic carbocycles. The largest absolute Gasteiger partial charge is 0.507 e. The molecule has 1 aromatic rings. The quantitative estimate of drug-likeness (QED) is 0.745. The summed E-state index contributed by atoms with van der Waals surface area (Å²) in [6, 6.07) is 4.47. The molecule has 0 bridgehead atoms. The zero-order valence-corrected chi connectivity index (χ0v) is 8.43. The maximum Gasteiger partial charge on any atom is 0.124 e. The third-order valence-corrected chi connectivity index (χ3v) is 2.22. The zero-order chi connectivity index (χ0) is 10.9. The van der Waals surface area contributed by atoms with Crippen LogP contribution in [0.25, 0.3) is 0 Å². The van der Waals surface area contributed by atoms with E-state index in [-0.39, 0.29) is 5.75 Å². The third kappa shape index (κ3) is 1.69. The van der Waals surface area contributed by atoms with Crippen molar-refractivity contribution in [1.29, 1.82) is 5.26 Å². The van der Waals surface area contributed by atoms with E-state index in [1.165, 1.54) is 12.1 Å². The van der Waals surface area contributed by atoms with Crippen LogP contribution in [-0.2, 0) is 5.41 Å². The Morgan fingerprint density at radius 1 is 1.43 bits per heavy atom. The number of rotatable bonds is 1. The van der Waals surface area contributed by atoms with Gasteiger partial charge in [-0.3, -0.25) is 0 Å². The van der Waals surface area contributed by atoms with E-state index < -0.39 is 11.2 Å². The van der Waals surface area contributed by atoms with Crippen molar-refractivity contribution in [2.75, 3.05) is 0 Å². The molecule has 0 amide bonds. The van der Waals surface area contributed by atoms with E-state index in [1.54, 1.807) is 20.8 Å². The maximum atomic E-state index is 13.1. The highest BCUT2D eigenvalue weighted by atomic mass is 19.1. The molecule has 0 aliphatic heterocycles. The van der Waals surface area contributed by atoms with Gasteiger partial charge in [-0.15, -0.1) is 0 Å². The fraction of sp³-hybridized carbons (Fsp3) is 0.364. The number of hydrogen-bond acceptors (Lipinski definition) is 2. The van der Waals surface area contributed by atoms with Crippen LogP contribution in [0.3, 0.4) is 0 Å². The van der Waals surface area contributed by atoms with Crippen LogP contribution < -0.4 is 0 Å². The Morgan fingerprint density at radius 2 is 2.00 bits per heavy atom. The van der Waals surface area contributed by atoms with Crippen molar-refractivity contribution < 1.29 is 9.50 Å². The summed E-state index contributed by atoms with van der Waals surface area (Å²) in [4.78, 5) is 0. The van der Waals surface area contributed by atoms with Gasteiger partial charge in [0.15, 0.2) is 0 Å². The summed E-state index contributed by atoms with van der Waals surface area (Å²) in [7, 11) is 0. The molecule has 0 unspecified atom stereocenters. The minimum absolute atomic E-state index is 0.00190. The Hall–Kier alpha value is -1.56. The minimum atomic E-state index is -0.878. The number of phenols is 1. The topological polar surface area (TPSA) is 44.0 Å². The van der Waals surface area contributed by atoms with Gasteiger partial charge in [0.05, 0.1) is 11.5 Å². The van der Waals surface area contributed by atoms with Crippen molar-refractivity contribution in [3.8, 4) is 11.8 Å². The van der Waals surface area contributed by atoms with Crippen LogP contribution in [-0.4, -0.2) is 5.11 Å². The summed E-state index contributed by atoms with van der Waals surface area (Å²) in [6.07, 6.45) is 0. The van der Waals surface area contributed by atoms with E-state index in [1.807, 2.05) is 6.07 Å². The van der Waals surface area contributed by atoms with Crippen LogP contribution in [0.1, 0.15) is 25.0 Å². The summed E-state index contributed by atoms with van der Waals surface area (Å²) < 4.78 is 13.1. The minimum Gasteiger partial charge on any atom is -0.507 e. The fourth-order valence-corrected chi connectivity index (χ4v) is 1.27. The van der Waals surface area contributed by atoms with Gasteiger partial charge in [0.25, 0.3) is 0 Å². The normalized spacial score (nSPS) is 11.1. The summed E-state index contributed by atoms with van der Waals surface area (Å²) in [5, 5.41) is 18.5. The number of nitrogens with zero attached hydrogens (tertiary/aromatic N) is 1. The molecule has 3 heteroatoms. The van der Waals surface area contributed by atoms with E-state index in [4.69, 9.17) is 5.26 Å². The number of nitriles is 1. The van der Waals surface area contributed by atoms with Crippen molar-refractivity contribution in [2.24, 2.45) is 0 Å². The van der Waals surface area contributed by atoms with Gasteiger partial charge in [-0.05, 0) is 38.5 Å². The van der Waals surface area contributed by atoms with Gasteiger partial charge >= 0.3 is 0 Å². The molecule has 0 spiro atoms. The van der Waals surface area contributed by atoms with Crippen LogP contribution in [0.4, 0.5) is 4.39 Å². The van der Waals surface area contributed by atoms with E-state index in [0.29, 0.717) is 11.1 Å². The number of hydrogen-bond donors (Lipinski definition) is 1. The van der Waals surface area contributed by atoms with Gasteiger partial charge in [0.2, 0.25) is 0 Å². The van der Waals surface area contributed by atoms with Gasteiger partial charge in [-0.2, -0.15) is 5.26 Å². The molecule has 2 nitrogen and oxygen atoms in total. The van der Waals surface area contributed by atoms with E-state index in [2.05, 4.69) is 0 Å². The predicted molar refractivity (Wildman–Crippen MR) is 51.4 cm³/mol. The summed E-state index contributed by atoms with van der Waals surface area (Å²) >= 11 is 0. The number of aromatic hydroxyl groups is 1. The first-order chi connectivity index (χ1) is 6.38. The highest BCUT2D eigenvalue weighted by Gasteiger charge is 2.25. The van der Waals surface area contributed by atoms with Crippen molar-refractivity contribution >= 4 is 0 Å². The molecular formula is C11H12FNO. The van der Waals surface area contributed by atoms with Crippen LogP contribution >= 0.6 is 0 Å². The highest BCUT2D eigenvalue weighted by molar-refractivity contribution is 5.46. The molecule has 1 aromatic carbocycles. The first-order valence-electron chi connectivity index (χ1n) is 4.29. The highest BCUT2D eigenvalue weighted by Crippen LogP contribution is 2.33. The molecule has 0 saturated carbocycles. The lowest BCUT2D eigenvalue weighted by Crippen LogP contribution is -2.14. The van der Waals surface area contributed by atoms with E-state index >= 15 is 0 Å². The second-order valence-corrected chi connectivity index (χ2v) is 3.86. The van der Waals surface area contributed by atoms with Crippen LogP contribution in [0, 0.1) is 24.1 Å². The molecule has 1 N–H and O–H groups in total. The Labute approximate surface area is 82.6 Å². The second kappa shape index (κ2) is 3.30. The van der Waals surface area contributed by atoms with Gasteiger partial charge in [0.1, 0.15) is 11.6 Å². The smallest absolute Gasteiger partial charge is 0.124 e. The first kappa shape index (κ1) is 10.5. The number of phenolic OH excluding ortho intramolecular Hbond substituents is 1. The maximum absolute atomic E-state index is 13.1. The molecule has 0 heterocycles. The van der Waals surface area contributed by atoms with Gasteiger partial charge in [-0.1, -0.05) is 0 Å². The lowest BCUT2D eigenvalue weighted by Gasteiger charge is -2.18. The molecule has 1 rings (SSSR count). The molecule has 74 valence electrons. The Kier molecular flexibility index (Phi) is 2.48. The van der Waals surface area contributed by atoms with Crippen LogP contribution in [0.5, 0.6) is 5.75 Å². The van der Waals surface area contributed by atoms with E-state index in [0.717, 1.165) is 0 Å². The SMILES string of the molecule is Cc1cc(F)cc(C(C)(C)C#N)c1O. The van der Waals surface area contributed by atoms with Gasteiger partial charge in [-0.25, -0.2) is 4.39 Å². The van der Waals surface area contributed by atoms with Gasteiger partial charge < -0.3 is 5.11 Å². The van der Waals surface area contributed by atoms with Crippen molar-refractivity contribution in [1.82, 2.24) is 0 Å². The van der Waals surface area contributed by atoms with Crippen molar-refractivity contribution in [3.05, 3.63) is 29.1 Å².